The van der Waals surface area contributed by atoms with Gasteiger partial charge in [-0.05, 0) is 0 Å². The van der Waals surface area contributed by atoms with Crippen LogP contribution in [0.15, 0.2) is 0 Å². The van der Waals surface area contributed by atoms with Gasteiger partial charge in [0.15, 0.2) is 0 Å². The second-order valence-electron chi connectivity index (χ2n) is 5.04. The molecule has 12 heteroatoms. The molecule has 0 aliphatic heterocycles. The van der Waals surface area contributed by atoms with Crippen LogP contribution >= 0.6 is 0 Å². The zero-order valence-corrected chi connectivity index (χ0v) is 13.1. The highest BCUT2D eigenvalue weighted by atomic mass is 16.7. The summed E-state index contributed by atoms with van der Waals surface area (Å²) in [5.41, 5.74) is -2.80. The molecular weight excluding hydrogens is 308 g/mol. The quantitative estimate of drug-likeness (QED) is 0.380. The van der Waals surface area contributed by atoms with Crippen molar-refractivity contribution in [3.63, 3.8) is 0 Å². The maximum Gasteiger partial charge on any atom is 0.518 e. The second kappa shape index (κ2) is 6.77. The number of anilines is 2. The minimum atomic E-state index is -2.80. The molecule has 0 bridgehead atoms. The lowest BCUT2D eigenvalue weighted by Gasteiger charge is -2.19. The molecular formula is C11H16N8O4. The Bertz CT molecular complexity index is 614. The maximum absolute atomic E-state index is 11.5. The zero-order chi connectivity index (χ0) is 17.8. The van der Waals surface area contributed by atoms with E-state index in [0.29, 0.717) is 0 Å². The zero-order valence-electron chi connectivity index (χ0n) is 13.1. The summed E-state index contributed by atoms with van der Waals surface area (Å²) in [7, 11) is 6.36. The number of hydrogen-bond acceptors (Lipinski definition) is 10. The molecule has 1 aromatic heterocycles. The monoisotopic (exact) mass is 324 g/mol. The summed E-state index contributed by atoms with van der Waals surface area (Å²) < 4.78 is 0. The van der Waals surface area contributed by atoms with Gasteiger partial charge in [-0.1, -0.05) is 0 Å². The molecule has 1 aromatic rings. The van der Waals surface area contributed by atoms with Crippen LogP contribution in [0.1, 0.15) is 18.7 Å². The van der Waals surface area contributed by atoms with Crippen LogP contribution in [0.4, 0.5) is 11.9 Å². The van der Waals surface area contributed by atoms with Crippen LogP contribution in [0, 0.1) is 31.6 Å². The largest absolute Gasteiger partial charge is 0.518 e. The van der Waals surface area contributed by atoms with Crippen LogP contribution in [0.3, 0.4) is 0 Å². The van der Waals surface area contributed by atoms with Crippen molar-refractivity contribution >= 4 is 11.9 Å². The summed E-state index contributed by atoms with van der Waals surface area (Å²) in [6.45, 7) is 0. The van der Waals surface area contributed by atoms with Crippen LogP contribution < -0.4 is 9.80 Å². The summed E-state index contributed by atoms with van der Waals surface area (Å²) in [6.07, 6.45) is -1.03. The van der Waals surface area contributed by atoms with E-state index in [9.17, 15) is 20.2 Å². The van der Waals surface area contributed by atoms with Crippen LogP contribution in [-0.2, 0) is 5.66 Å². The van der Waals surface area contributed by atoms with Crippen molar-refractivity contribution in [2.45, 2.75) is 18.5 Å². The molecule has 0 atom stereocenters. The molecule has 0 aromatic carbocycles. The van der Waals surface area contributed by atoms with E-state index < -0.39 is 27.8 Å². The molecule has 12 nitrogen and oxygen atoms in total. The summed E-state index contributed by atoms with van der Waals surface area (Å²) in [5.74, 6) is -0.516. The van der Waals surface area contributed by atoms with E-state index in [1.165, 1.54) is 9.80 Å². The van der Waals surface area contributed by atoms with E-state index in [1.807, 2.05) is 0 Å². The van der Waals surface area contributed by atoms with Gasteiger partial charge < -0.3 is 9.80 Å². The van der Waals surface area contributed by atoms with Crippen molar-refractivity contribution in [2.24, 2.45) is 0 Å². The molecule has 23 heavy (non-hydrogen) atoms. The van der Waals surface area contributed by atoms with E-state index in [-0.39, 0.29) is 18.3 Å². The fourth-order valence-corrected chi connectivity index (χ4v) is 1.69. The Labute approximate surface area is 131 Å². The van der Waals surface area contributed by atoms with Gasteiger partial charge in [-0.3, -0.25) is 20.2 Å². The Morgan fingerprint density at radius 1 is 1.04 bits per heavy atom. The van der Waals surface area contributed by atoms with E-state index in [0.717, 1.165) is 0 Å². The molecule has 1 rings (SSSR count). The summed E-state index contributed by atoms with van der Waals surface area (Å²) in [5, 5.41) is 31.6. The maximum atomic E-state index is 11.5. The molecule has 124 valence electrons. The topological polar surface area (TPSA) is 155 Å². The third-order valence-electron chi connectivity index (χ3n) is 2.96. The summed E-state index contributed by atoms with van der Waals surface area (Å²) in [6, 6.07) is 1.68. The predicted octanol–water partition coefficient (Wildman–Crippen LogP) is 0.0136. The van der Waals surface area contributed by atoms with Crippen molar-refractivity contribution in [1.82, 2.24) is 15.0 Å². The SMILES string of the molecule is CN(C)c1nc(N(C)C)nc(C(CCC#N)([N+](=O)[O-])[N+](=O)[O-])n1. The molecule has 0 unspecified atom stereocenters. The first-order chi connectivity index (χ1) is 10.7. The van der Waals surface area contributed by atoms with E-state index in [2.05, 4.69) is 15.0 Å². The lowest BCUT2D eigenvalue weighted by Crippen LogP contribution is -2.45. The lowest BCUT2D eigenvalue weighted by molar-refractivity contribution is -0.813. The highest BCUT2D eigenvalue weighted by Gasteiger charge is 2.61. The summed E-state index contributed by atoms with van der Waals surface area (Å²) >= 11 is 0. The van der Waals surface area contributed by atoms with Gasteiger partial charge in [-0.2, -0.15) is 20.2 Å². The molecule has 0 saturated heterocycles. The first-order valence-corrected chi connectivity index (χ1v) is 6.44. The van der Waals surface area contributed by atoms with Gasteiger partial charge in [0.05, 0.1) is 6.07 Å². The molecule has 0 radical (unpaired) electrons. The fourth-order valence-electron chi connectivity index (χ4n) is 1.69. The smallest absolute Gasteiger partial charge is 0.347 e. The minimum absolute atomic E-state index is 0.0451. The Hall–Kier alpha value is -3.10. The number of aromatic nitrogens is 3. The van der Waals surface area contributed by atoms with Crippen LogP contribution in [0.2, 0.25) is 0 Å². The molecule has 1 heterocycles. The van der Waals surface area contributed by atoms with Crippen LogP contribution in [-0.4, -0.2) is 53.0 Å². The van der Waals surface area contributed by atoms with Crippen molar-refractivity contribution in [1.29, 1.82) is 5.26 Å². The first kappa shape index (κ1) is 18.0. The number of nitro groups is 2. The van der Waals surface area contributed by atoms with Gasteiger partial charge in [0.2, 0.25) is 11.9 Å². The number of rotatable bonds is 7. The number of nitrogens with zero attached hydrogens (tertiary/aromatic N) is 8. The second-order valence-corrected chi connectivity index (χ2v) is 5.04. The average Bonchev–Trinajstić information content (AvgIpc) is 2.46. The fraction of sp³-hybridized carbons (Fsp3) is 0.636. The number of nitriles is 1. The van der Waals surface area contributed by atoms with Gasteiger partial charge in [-0.25, -0.2) is 0 Å². The molecule has 0 N–H and O–H groups in total. The Balaban J connectivity index is 3.67. The van der Waals surface area contributed by atoms with Crippen molar-refractivity contribution < 1.29 is 9.85 Å². The first-order valence-electron chi connectivity index (χ1n) is 6.44. The molecule has 0 amide bonds. The van der Waals surface area contributed by atoms with Gasteiger partial charge in [0.25, 0.3) is 5.82 Å². The lowest BCUT2D eigenvalue weighted by atomic mass is 10.0. The molecule has 0 saturated carbocycles. The van der Waals surface area contributed by atoms with Crippen molar-refractivity contribution in [3.8, 4) is 6.07 Å². The summed E-state index contributed by atoms with van der Waals surface area (Å²) in [4.78, 5) is 35.5. The Kier molecular flexibility index (Phi) is 5.29. The normalized spacial score (nSPS) is 10.7. The van der Waals surface area contributed by atoms with Crippen molar-refractivity contribution in [3.05, 3.63) is 26.1 Å². The van der Waals surface area contributed by atoms with Gasteiger partial charge >= 0.3 is 5.66 Å². The molecule has 0 aliphatic carbocycles. The highest BCUT2D eigenvalue weighted by molar-refractivity contribution is 5.37. The highest BCUT2D eigenvalue weighted by Crippen LogP contribution is 2.30. The Morgan fingerprint density at radius 2 is 1.48 bits per heavy atom. The van der Waals surface area contributed by atoms with Crippen molar-refractivity contribution in [2.75, 3.05) is 38.0 Å². The van der Waals surface area contributed by atoms with E-state index in [4.69, 9.17) is 5.26 Å². The standard InChI is InChI=1S/C11H16N8O4/c1-16(2)9-13-8(14-10(15-9)17(3)4)11(18(20)21,19(22)23)6-5-7-12/h5-6H2,1-4H3. The molecule has 0 aliphatic rings. The third-order valence-corrected chi connectivity index (χ3v) is 2.96. The van der Waals surface area contributed by atoms with Gasteiger partial charge in [0, 0.05) is 34.6 Å². The number of hydrogen-bond donors (Lipinski definition) is 0. The van der Waals surface area contributed by atoms with Gasteiger partial charge in [-0.15, -0.1) is 0 Å². The average molecular weight is 324 g/mol. The Morgan fingerprint density at radius 3 is 1.78 bits per heavy atom. The third kappa shape index (κ3) is 3.39. The molecule has 0 spiro atoms. The van der Waals surface area contributed by atoms with Crippen LogP contribution in [0.25, 0.3) is 0 Å². The van der Waals surface area contributed by atoms with Gasteiger partial charge in [0.1, 0.15) is 16.3 Å². The van der Waals surface area contributed by atoms with E-state index in [1.54, 1.807) is 34.3 Å². The van der Waals surface area contributed by atoms with Crippen LogP contribution in [0.5, 0.6) is 0 Å². The predicted molar refractivity (Wildman–Crippen MR) is 79.0 cm³/mol. The minimum Gasteiger partial charge on any atom is -0.347 e. The van der Waals surface area contributed by atoms with E-state index >= 15 is 0 Å². The molecule has 0 fully saturated rings.